The molecule has 1 aliphatic rings. The number of hydrogen-bond donors (Lipinski definition) is 0. The topological polar surface area (TPSA) is 133 Å². The first-order chi connectivity index (χ1) is 16.7. The third-order valence-corrected chi connectivity index (χ3v) is 5.98. The largest absolute Gasteiger partial charge is 0.450 e. The highest BCUT2D eigenvalue weighted by Gasteiger charge is 2.35. The van der Waals surface area contributed by atoms with Crippen molar-refractivity contribution in [3.8, 4) is 11.5 Å². The van der Waals surface area contributed by atoms with Gasteiger partial charge in [-0.2, -0.15) is 0 Å². The Kier molecular flexibility index (Phi) is 6.80. The van der Waals surface area contributed by atoms with E-state index in [-0.39, 0.29) is 22.9 Å². The fourth-order valence-electron chi connectivity index (χ4n) is 3.25. The van der Waals surface area contributed by atoms with Gasteiger partial charge in [-0.1, -0.05) is 35.9 Å². The molecule has 0 bridgehead atoms. The summed E-state index contributed by atoms with van der Waals surface area (Å²) in [5, 5.41) is 22.3. The average molecular weight is 512 g/mol. The second-order valence-electron chi connectivity index (χ2n) is 7.24. The van der Waals surface area contributed by atoms with Crippen molar-refractivity contribution in [2.45, 2.75) is 6.54 Å². The predicted octanol–water partition coefficient (Wildman–Crippen LogP) is 6.19. The minimum absolute atomic E-state index is 0.0789. The molecule has 35 heavy (non-hydrogen) atoms. The number of imide groups is 1. The molecule has 10 nitrogen and oxygen atoms in total. The second-order valence-corrected chi connectivity index (χ2v) is 8.67. The van der Waals surface area contributed by atoms with Gasteiger partial charge in [-0.15, -0.1) is 0 Å². The van der Waals surface area contributed by atoms with Gasteiger partial charge in [0.1, 0.15) is 5.75 Å². The van der Waals surface area contributed by atoms with Crippen LogP contribution in [-0.2, 0) is 11.3 Å². The highest BCUT2D eigenvalue weighted by molar-refractivity contribution is 8.18. The number of carbonyl (C=O) groups is 2. The fraction of sp³-hybridized carbons (Fsp3) is 0.0435. The molecule has 0 atom stereocenters. The van der Waals surface area contributed by atoms with Crippen molar-refractivity contribution in [3.05, 3.63) is 108 Å². The molecule has 0 spiro atoms. The zero-order valence-corrected chi connectivity index (χ0v) is 19.2. The summed E-state index contributed by atoms with van der Waals surface area (Å²) in [5.74, 6) is -0.439. The van der Waals surface area contributed by atoms with Crippen molar-refractivity contribution >= 4 is 52.0 Å². The Morgan fingerprint density at radius 1 is 0.971 bits per heavy atom. The molecule has 0 N–H and O–H groups in total. The number of non-ortho nitro benzene ring substituents is 1. The van der Waals surface area contributed by atoms with Gasteiger partial charge < -0.3 is 4.74 Å². The highest BCUT2D eigenvalue weighted by atomic mass is 35.5. The number of nitro groups is 2. The molecule has 0 unspecified atom stereocenters. The minimum Gasteiger partial charge on any atom is -0.450 e. The molecule has 0 aliphatic carbocycles. The number of thioether (sulfide) groups is 1. The van der Waals surface area contributed by atoms with Gasteiger partial charge in [0, 0.05) is 11.1 Å². The molecule has 3 aromatic carbocycles. The maximum atomic E-state index is 12.8. The SMILES string of the molecule is O=C1S/C(=C\c2cccc(Oc3ccc([N+](=O)[O-])cc3[N+](=O)[O-])c2)C(=O)N1Cc1cccc(Cl)c1. The van der Waals surface area contributed by atoms with Crippen LogP contribution in [-0.4, -0.2) is 25.9 Å². The number of nitro benzene ring substituents is 2. The maximum Gasteiger partial charge on any atom is 0.318 e. The standard InChI is InChI=1S/C23H14ClN3O7S/c24-16-5-1-4-15(9-16)13-25-22(28)21(35-23(25)29)11-14-3-2-6-18(10-14)34-20-8-7-17(26(30)31)12-19(20)27(32)33/h1-12H,13H2/b21-11-. The molecule has 1 saturated heterocycles. The Morgan fingerprint density at radius 2 is 1.74 bits per heavy atom. The number of amides is 2. The van der Waals surface area contributed by atoms with Gasteiger partial charge in [0.05, 0.1) is 27.4 Å². The van der Waals surface area contributed by atoms with Crippen LogP contribution in [0.25, 0.3) is 6.08 Å². The summed E-state index contributed by atoms with van der Waals surface area (Å²) in [6, 6.07) is 16.2. The molecular weight excluding hydrogens is 498 g/mol. The van der Waals surface area contributed by atoms with E-state index in [1.54, 1.807) is 36.4 Å². The molecule has 176 valence electrons. The van der Waals surface area contributed by atoms with Crippen molar-refractivity contribution in [1.82, 2.24) is 4.90 Å². The van der Waals surface area contributed by atoms with Crippen LogP contribution < -0.4 is 4.74 Å². The quantitative estimate of drug-likeness (QED) is 0.208. The fourth-order valence-corrected chi connectivity index (χ4v) is 4.30. The lowest BCUT2D eigenvalue weighted by molar-refractivity contribution is -0.394. The van der Waals surface area contributed by atoms with E-state index in [0.29, 0.717) is 16.1 Å². The van der Waals surface area contributed by atoms with E-state index in [2.05, 4.69) is 0 Å². The first kappa shape index (κ1) is 23.9. The van der Waals surface area contributed by atoms with E-state index in [1.807, 2.05) is 0 Å². The van der Waals surface area contributed by atoms with Gasteiger partial charge in [0.2, 0.25) is 5.75 Å². The smallest absolute Gasteiger partial charge is 0.318 e. The normalized spacial score (nSPS) is 14.4. The number of nitrogens with zero attached hydrogens (tertiary/aromatic N) is 3. The van der Waals surface area contributed by atoms with Crippen LogP contribution in [0.15, 0.2) is 71.6 Å². The van der Waals surface area contributed by atoms with Crippen molar-refractivity contribution < 1.29 is 24.2 Å². The third kappa shape index (κ3) is 5.48. The van der Waals surface area contributed by atoms with E-state index in [1.165, 1.54) is 18.2 Å². The van der Waals surface area contributed by atoms with Crippen LogP contribution in [0.4, 0.5) is 16.2 Å². The summed E-state index contributed by atoms with van der Waals surface area (Å²) in [6.07, 6.45) is 1.51. The van der Waals surface area contributed by atoms with E-state index in [0.717, 1.165) is 34.9 Å². The molecule has 1 heterocycles. The van der Waals surface area contributed by atoms with Gasteiger partial charge in [-0.25, -0.2) is 0 Å². The number of carbonyl (C=O) groups excluding carboxylic acids is 2. The third-order valence-electron chi connectivity index (χ3n) is 4.84. The zero-order chi connectivity index (χ0) is 25.1. The Hall–Kier alpha value is -4.22. The van der Waals surface area contributed by atoms with Crippen LogP contribution in [0, 0.1) is 20.2 Å². The van der Waals surface area contributed by atoms with E-state index in [4.69, 9.17) is 16.3 Å². The Balaban J connectivity index is 1.55. The van der Waals surface area contributed by atoms with E-state index < -0.39 is 32.4 Å². The molecule has 3 aromatic rings. The van der Waals surface area contributed by atoms with E-state index >= 15 is 0 Å². The van der Waals surface area contributed by atoms with Gasteiger partial charge in [-0.3, -0.25) is 34.7 Å². The van der Waals surface area contributed by atoms with Gasteiger partial charge in [0.15, 0.2) is 0 Å². The zero-order valence-electron chi connectivity index (χ0n) is 17.6. The summed E-state index contributed by atoms with van der Waals surface area (Å²) < 4.78 is 5.59. The molecule has 1 fully saturated rings. The number of rotatable bonds is 7. The lowest BCUT2D eigenvalue weighted by Crippen LogP contribution is -2.27. The van der Waals surface area contributed by atoms with Crippen LogP contribution in [0.1, 0.15) is 11.1 Å². The Bertz CT molecular complexity index is 1410. The van der Waals surface area contributed by atoms with Crippen LogP contribution in [0.3, 0.4) is 0 Å². The van der Waals surface area contributed by atoms with E-state index in [9.17, 15) is 29.8 Å². The summed E-state index contributed by atoms with van der Waals surface area (Å²) in [5.41, 5.74) is 0.222. The van der Waals surface area contributed by atoms with Crippen molar-refractivity contribution in [2.75, 3.05) is 0 Å². The number of benzene rings is 3. The maximum absolute atomic E-state index is 12.8. The first-order valence-electron chi connectivity index (χ1n) is 9.92. The van der Waals surface area contributed by atoms with Crippen molar-refractivity contribution in [2.24, 2.45) is 0 Å². The predicted molar refractivity (Wildman–Crippen MR) is 129 cm³/mol. The molecule has 12 heteroatoms. The molecule has 2 amide bonds. The highest BCUT2D eigenvalue weighted by Crippen LogP contribution is 2.36. The Morgan fingerprint density at radius 3 is 2.46 bits per heavy atom. The van der Waals surface area contributed by atoms with Crippen molar-refractivity contribution in [3.63, 3.8) is 0 Å². The molecule has 4 rings (SSSR count). The van der Waals surface area contributed by atoms with Gasteiger partial charge >= 0.3 is 5.69 Å². The monoisotopic (exact) mass is 511 g/mol. The van der Waals surface area contributed by atoms with Gasteiger partial charge in [-0.05, 0) is 59.3 Å². The van der Waals surface area contributed by atoms with Crippen LogP contribution in [0.2, 0.25) is 5.02 Å². The summed E-state index contributed by atoms with van der Waals surface area (Å²) in [4.78, 5) is 47.3. The molecule has 1 aliphatic heterocycles. The molecular formula is C23H14ClN3O7S. The molecule has 0 radical (unpaired) electrons. The number of hydrogen-bond acceptors (Lipinski definition) is 8. The number of ether oxygens (including phenoxy) is 1. The average Bonchev–Trinajstić information content (AvgIpc) is 3.06. The summed E-state index contributed by atoms with van der Waals surface area (Å²) >= 11 is 6.77. The molecule has 0 saturated carbocycles. The summed E-state index contributed by atoms with van der Waals surface area (Å²) in [6.45, 7) is 0.0789. The van der Waals surface area contributed by atoms with Crippen LogP contribution >= 0.6 is 23.4 Å². The minimum atomic E-state index is -0.776. The molecule has 0 aromatic heterocycles. The second kappa shape index (κ2) is 9.95. The summed E-state index contributed by atoms with van der Waals surface area (Å²) in [7, 11) is 0. The van der Waals surface area contributed by atoms with Gasteiger partial charge in [0.25, 0.3) is 16.8 Å². The Labute approximate surface area is 207 Å². The lowest BCUT2D eigenvalue weighted by Gasteiger charge is -2.12. The lowest BCUT2D eigenvalue weighted by atomic mass is 10.2. The van der Waals surface area contributed by atoms with Crippen molar-refractivity contribution in [1.29, 1.82) is 0 Å². The van der Waals surface area contributed by atoms with Crippen LogP contribution in [0.5, 0.6) is 11.5 Å². The number of halogens is 1. The first-order valence-corrected chi connectivity index (χ1v) is 11.1.